The number of hydrogen-bond donors (Lipinski definition) is 2. The standard InChI is InChI=1S/C12H13BrCl2N4/c1-19-12(8(13)6-17-19)11(18-16)5-7-2-3-9(14)10(15)4-7/h2-4,6,11,18H,5,16H2,1H3. The largest absolute Gasteiger partial charge is 0.271 e. The van der Waals surface area contributed by atoms with Crippen molar-refractivity contribution in [3.8, 4) is 0 Å². The van der Waals surface area contributed by atoms with Crippen LogP contribution < -0.4 is 11.3 Å². The molecule has 1 aromatic heterocycles. The number of benzene rings is 1. The highest BCUT2D eigenvalue weighted by molar-refractivity contribution is 9.10. The first-order valence-corrected chi connectivity index (χ1v) is 7.15. The molecule has 3 N–H and O–H groups in total. The minimum absolute atomic E-state index is 0.0703. The molecule has 7 heteroatoms. The average Bonchev–Trinajstić information content (AvgIpc) is 2.71. The third kappa shape index (κ3) is 3.30. The highest BCUT2D eigenvalue weighted by atomic mass is 79.9. The number of hydrazine groups is 1. The predicted octanol–water partition coefficient (Wildman–Crippen LogP) is 3.24. The summed E-state index contributed by atoms with van der Waals surface area (Å²) in [6.45, 7) is 0. The Morgan fingerprint density at radius 3 is 2.68 bits per heavy atom. The highest BCUT2D eigenvalue weighted by Gasteiger charge is 2.18. The Morgan fingerprint density at radius 2 is 2.16 bits per heavy atom. The van der Waals surface area contributed by atoms with Crippen LogP contribution in [0.5, 0.6) is 0 Å². The van der Waals surface area contributed by atoms with E-state index in [9.17, 15) is 0 Å². The summed E-state index contributed by atoms with van der Waals surface area (Å²) in [5.74, 6) is 5.65. The van der Waals surface area contributed by atoms with Crippen molar-refractivity contribution < 1.29 is 0 Å². The molecular weight excluding hydrogens is 351 g/mol. The maximum atomic E-state index is 6.02. The number of nitrogens with one attached hydrogen (secondary N) is 1. The Balaban J connectivity index is 2.26. The molecule has 2 aromatic rings. The van der Waals surface area contributed by atoms with Crippen molar-refractivity contribution in [3.05, 3.63) is 50.2 Å². The normalized spacial score (nSPS) is 12.7. The summed E-state index contributed by atoms with van der Waals surface area (Å²) in [7, 11) is 1.87. The van der Waals surface area contributed by atoms with Crippen molar-refractivity contribution >= 4 is 39.1 Å². The number of rotatable bonds is 4. The van der Waals surface area contributed by atoms with Crippen LogP contribution in [0.2, 0.25) is 10.0 Å². The first kappa shape index (κ1) is 14.8. The summed E-state index contributed by atoms with van der Waals surface area (Å²) in [4.78, 5) is 0. The zero-order chi connectivity index (χ0) is 14.0. The molecule has 1 atom stereocenters. The van der Waals surface area contributed by atoms with E-state index in [0.29, 0.717) is 16.5 Å². The monoisotopic (exact) mass is 362 g/mol. The SMILES string of the molecule is Cn1ncc(Br)c1C(Cc1ccc(Cl)c(Cl)c1)NN. The van der Waals surface area contributed by atoms with Gasteiger partial charge in [0.05, 0.1) is 32.5 Å². The van der Waals surface area contributed by atoms with Gasteiger partial charge in [0.2, 0.25) is 0 Å². The molecule has 0 aliphatic carbocycles. The van der Waals surface area contributed by atoms with E-state index in [2.05, 4.69) is 26.5 Å². The molecule has 0 aliphatic heterocycles. The maximum absolute atomic E-state index is 6.02. The van der Waals surface area contributed by atoms with Gasteiger partial charge in [0.15, 0.2) is 0 Å². The molecule has 0 radical (unpaired) electrons. The number of aromatic nitrogens is 2. The van der Waals surface area contributed by atoms with E-state index in [0.717, 1.165) is 15.7 Å². The maximum Gasteiger partial charge on any atom is 0.0709 e. The van der Waals surface area contributed by atoms with Crippen LogP contribution in [-0.2, 0) is 13.5 Å². The first-order chi connectivity index (χ1) is 9.02. The van der Waals surface area contributed by atoms with Crippen molar-refractivity contribution in [2.75, 3.05) is 0 Å². The predicted molar refractivity (Wildman–Crippen MR) is 81.1 cm³/mol. The van der Waals surface area contributed by atoms with Crippen LogP contribution in [0.25, 0.3) is 0 Å². The van der Waals surface area contributed by atoms with Gasteiger partial charge in [-0.2, -0.15) is 5.10 Å². The molecule has 2 rings (SSSR count). The summed E-state index contributed by atoms with van der Waals surface area (Å²) < 4.78 is 2.70. The zero-order valence-electron chi connectivity index (χ0n) is 10.2. The number of halogens is 3. The lowest BCUT2D eigenvalue weighted by Crippen LogP contribution is -2.31. The minimum atomic E-state index is -0.0703. The Labute approximate surface area is 130 Å². The zero-order valence-corrected chi connectivity index (χ0v) is 13.3. The van der Waals surface area contributed by atoms with Crippen molar-refractivity contribution in [3.63, 3.8) is 0 Å². The third-order valence-corrected chi connectivity index (χ3v) is 4.24. The van der Waals surface area contributed by atoms with E-state index >= 15 is 0 Å². The summed E-state index contributed by atoms with van der Waals surface area (Å²) in [6, 6.07) is 5.49. The van der Waals surface area contributed by atoms with E-state index in [-0.39, 0.29) is 6.04 Å². The van der Waals surface area contributed by atoms with Crippen LogP contribution in [0, 0.1) is 0 Å². The van der Waals surface area contributed by atoms with Gasteiger partial charge in [0, 0.05) is 7.05 Å². The van der Waals surface area contributed by atoms with E-state index in [1.807, 2.05) is 19.2 Å². The lowest BCUT2D eigenvalue weighted by Gasteiger charge is -2.17. The molecule has 102 valence electrons. The summed E-state index contributed by atoms with van der Waals surface area (Å²) in [6.07, 6.45) is 2.43. The molecule has 0 aliphatic rings. The van der Waals surface area contributed by atoms with E-state index in [4.69, 9.17) is 29.0 Å². The molecule has 0 fully saturated rings. The summed E-state index contributed by atoms with van der Waals surface area (Å²) in [5.41, 5.74) is 4.83. The third-order valence-electron chi connectivity index (χ3n) is 2.89. The lowest BCUT2D eigenvalue weighted by molar-refractivity contribution is 0.507. The molecule has 0 saturated carbocycles. The Morgan fingerprint density at radius 1 is 1.42 bits per heavy atom. The second-order valence-corrected chi connectivity index (χ2v) is 5.84. The fourth-order valence-corrected chi connectivity index (χ4v) is 2.89. The number of nitrogens with zero attached hydrogens (tertiary/aromatic N) is 2. The molecule has 19 heavy (non-hydrogen) atoms. The van der Waals surface area contributed by atoms with E-state index in [1.165, 1.54) is 0 Å². The van der Waals surface area contributed by atoms with Crippen molar-refractivity contribution in [1.82, 2.24) is 15.2 Å². The van der Waals surface area contributed by atoms with Crippen molar-refractivity contribution in [2.24, 2.45) is 12.9 Å². The molecule has 4 nitrogen and oxygen atoms in total. The molecule has 1 unspecified atom stereocenters. The highest BCUT2D eigenvalue weighted by Crippen LogP contribution is 2.28. The van der Waals surface area contributed by atoms with Crippen LogP contribution >= 0.6 is 39.1 Å². The second-order valence-electron chi connectivity index (χ2n) is 4.17. The molecule has 1 aromatic carbocycles. The topological polar surface area (TPSA) is 55.9 Å². The number of hydrogen-bond acceptors (Lipinski definition) is 3. The van der Waals surface area contributed by atoms with Gasteiger partial charge in [-0.05, 0) is 40.0 Å². The minimum Gasteiger partial charge on any atom is -0.271 e. The number of aryl methyl sites for hydroxylation is 1. The molecular formula is C12H13BrCl2N4. The fraction of sp³-hybridized carbons (Fsp3) is 0.250. The average molecular weight is 364 g/mol. The van der Waals surface area contributed by atoms with Gasteiger partial charge < -0.3 is 0 Å². The Kier molecular flexibility index (Phi) is 4.86. The molecule has 0 amide bonds. The number of nitrogens with two attached hydrogens (primary N) is 1. The van der Waals surface area contributed by atoms with Crippen LogP contribution in [0.3, 0.4) is 0 Å². The molecule has 0 spiro atoms. The van der Waals surface area contributed by atoms with Gasteiger partial charge in [0.1, 0.15) is 0 Å². The molecule has 1 heterocycles. The van der Waals surface area contributed by atoms with Gasteiger partial charge in [-0.1, -0.05) is 29.3 Å². The van der Waals surface area contributed by atoms with E-state index < -0.39 is 0 Å². The van der Waals surface area contributed by atoms with Crippen LogP contribution in [-0.4, -0.2) is 9.78 Å². The van der Waals surface area contributed by atoms with Gasteiger partial charge in [-0.25, -0.2) is 0 Å². The molecule has 0 saturated heterocycles. The van der Waals surface area contributed by atoms with Gasteiger partial charge in [-0.15, -0.1) is 0 Å². The summed E-state index contributed by atoms with van der Waals surface area (Å²) in [5, 5.41) is 5.27. The molecule has 0 bridgehead atoms. The van der Waals surface area contributed by atoms with Crippen LogP contribution in [0.4, 0.5) is 0 Å². The van der Waals surface area contributed by atoms with Gasteiger partial charge in [0.25, 0.3) is 0 Å². The summed E-state index contributed by atoms with van der Waals surface area (Å²) >= 11 is 15.4. The lowest BCUT2D eigenvalue weighted by atomic mass is 10.0. The van der Waals surface area contributed by atoms with Crippen LogP contribution in [0.15, 0.2) is 28.9 Å². The van der Waals surface area contributed by atoms with Gasteiger partial charge >= 0.3 is 0 Å². The second kappa shape index (κ2) is 6.24. The Hall–Kier alpha value is -0.590. The smallest absolute Gasteiger partial charge is 0.0709 e. The van der Waals surface area contributed by atoms with E-state index in [1.54, 1.807) is 16.9 Å². The van der Waals surface area contributed by atoms with Gasteiger partial charge in [-0.3, -0.25) is 16.0 Å². The quantitative estimate of drug-likeness (QED) is 0.647. The van der Waals surface area contributed by atoms with Crippen molar-refractivity contribution in [2.45, 2.75) is 12.5 Å². The first-order valence-electron chi connectivity index (χ1n) is 5.60. The van der Waals surface area contributed by atoms with Crippen molar-refractivity contribution in [1.29, 1.82) is 0 Å². The Bertz CT molecular complexity index is 566. The van der Waals surface area contributed by atoms with Crippen LogP contribution in [0.1, 0.15) is 17.3 Å². The fourth-order valence-electron chi connectivity index (χ4n) is 1.95.